The fourth-order valence-corrected chi connectivity index (χ4v) is 3.18. The topological polar surface area (TPSA) is 33.4 Å². The molecular weight excluding hydrogens is 272 g/mol. The van der Waals surface area contributed by atoms with Crippen molar-refractivity contribution in [2.45, 2.75) is 18.4 Å². The van der Waals surface area contributed by atoms with Crippen LogP contribution in [-0.4, -0.2) is 5.11 Å². The van der Waals surface area contributed by atoms with Gasteiger partial charge in [-0.05, 0) is 41.5 Å². The summed E-state index contributed by atoms with van der Waals surface area (Å²) < 4.78 is 5.41. The Morgan fingerprint density at radius 3 is 2.36 bits per heavy atom. The molecule has 2 heteroatoms. The Kier molecular flexibility index (Phi) is 3.32. The highest BCUT2D eigenvalue weighted by Crippen LogP contribution is 2.54. The van der Waals surface area contributed by atoms with E-state index in [9.17, 15) is 5.11 Å². The van der Waals surface area contributed by atoms with Crippen LogP contribution in [-0.2, 0) is 0 Å². The van der Waals surface area contributed by atoms with Crippen molar-refractivity contribution < 1.29 is 9.52 Å². The molecule has 0 radical (unpaired) electrons. The quantitative estimate of drug-likeness (QED) is 0.750. The molecule has 1 heterocycles. The predicted octanol–water partition coefficient (Wildman–Crippen LogP) is 4.78. The first-order valence-electron chi connectivity index (χ1n) is 7.70. The molecule has 3 unspecified atom stereocenters. The average molecular weight is 290 g/mol. The van der Waals surface area contributed by atoms with Gasteiger partial charge in [0.1, 0.15) is 5.76 Å². The second kappa shape index (κ2) is 5.47. The lowest BCUT2D eigenvalue weighted by atomic mass is 10.0. The van der Waals surface area contributed by atoms with Crippen molar-refractivity contribution in [3.05, 3.63) is 84.1 Å². The van der Waals surface area contributed by atoms with Gasteiger partial charge >= 0.3 is 0 Å². The fourth-order valence-electron chi connectivity index (χ4n) is 3.18. The van der Waals surface area contributed by atoms with Crippen molar-refractivity contribution in [1.29, 1.82) is 0 Å². The lowest BCUT2D eigenvalue weighted by molar-refractivity contribution is 0.151. The van der Waals surface area contributed by atoms with E-state index < -0.39 is 0 Å². The largest absolute Gasteiger partial charge is 0.464 e. The Hall–Kier alpha value is -2.32. The third-order valence-electron chi connectivity index (χ3n) is 4.53. The van der Waals surface area contributed by atoms with Gasteiger partial charge in [0.2, 0.25) is 0 Å². The molecule has 2 aromatic carbocycles. The van der Waals surface area contributed by atoms with Crippen LogP contribution in [0.4, 0.5) is 0 Å². The Labute approximate surface area is 130 Å². The molecular formula is C20H18O2. The van der Waals surface area contributed by atoms with Crippen LogP contribution in [0.2, 0.25) is 0 Å². The lowest BCUT2D eigenvalue weighted by Gasteiger charge is -2.10. The second-order valence-electron chi connectivity index (χ2n) is 5.96. The Morgan fingerprint density at radius 2 is 1.68 bits per heavy atom. The molecule has 110 valence electrons. The van der Waals surface area contributed by atoms with Crippen molar-refractivity contribution in [1.82, 2.24) is 0 Å². The van der Waals surface area contributed by atoms with Gasteiger partial charge < -0.3 is 9.52 Å². The van der Waals surface area contributed by atoms with Crippen LogP contribution in [0.1, 0.15) is 29.6 Å². The molecule has 1 saturated carbocycles. The maximum absolute atomic E-state index is 10.5. The SMILES string of the molecule is OC(c1ccccc1)C1CC1c1ccc(-c2ccco2)cc1. The minimum absolute atomic E-state index is 0.330. The number of hydrogen-bond acceptors (Lipinski definition) is 2. The van der Waals surface area contributed by atoms with Crippen LogP contribution < -0.4 is 0 Å². The molecule has 1 aliphatic rings. The predicted molar refractivity (Wildman–Crippen MR) is 86.4 cm³/mol. The summed E-state index contributed by atoms with van der Waals surface area (Å²) in [5.74, 6) is 1.68. The molecule has 0 bridgehead atoms. The molecule has 4 rings (SSSR count). The van der Waals surface area contributed by atoms with Gasteiger partial charge in [-0.2, -0.15) is 0 Å². The Morgan fingerprint density at radius 1 is 0.909 bits per heavy atom. The third kappa shape index (κ3) is 2.46. The number of aliphatic hydroxyl groups excluding tert-OH is 1. The molecule has 0 saturated heterocycles. The minimum Gasteiger partial charge on any atom is -0.464 e. The van der Waals surface area contributed by atoms with Crippen molar-refractivity contribution in [2.75, 3.05) is 0 Å². The molecule has 22 heavy (non-hydrogen) atoms. The molecule has 0 spiro atoms. The molecule has 0 amide bonds. The molecule has 1 aliphatic carbocycles. The van der Waals surface area contributed by atoms with Gasteiger partial charge in [0.15, 0.2) is 0 Å². The minimum atomic E-state index is -0.365. The van der Waals surface area contributed by atoms with E-state index in [1.165, 1.54) is 5.56 Å². The molecule has 3 aromatic rings. The number of furan rings is 1. The zero-order chi connectivity index (χ0) is 14.9. The zero-order valence-electron chi connectivity index (χ0n) is 12.2. The van der Waals surface area contributed by atoms with Crippen molar-refractivity contribution in [3.8, 4) is 11.3 Å². The highest BCUT2D eigenvalue weighted by Gasteiger charge is 2.43. The maximum Gasteiger partial charge on any atom is 0.133 e. The molecule has 1 N–H and O–H groups in total. The summed E-state index contributed by atoms with van der Waals surface area (Å²) in [6, 6.07) is 22.3. The van der Waals surface area contributed by atoms with Crippen LogP contribution in [0, 0.1) is 5.92 Å². The first kappa shape index (κ1) is 13.4. The summed E-state index contributed by atoms with van der Waals surface area (Å²) in [6.07, 6.45) is 2.38. The van der Waals surface area contributed by atoms with E-state index in [2.05, 4.69) is 24.3 Å². The van der Waals surface area contributed by atoms with Crippen LogP contribution in [0.5, 0.6) is 0 Å². The number of rotatable bonds is 4. The summed E-state index contributed by atoms with van der Waals surface area (Å²) in [5.41, 5.74) is 3.41. The van der Waals surface area contributed by atoms with E-state index in [0.29, 0.717) is 11.8 Å². The normalized spacial score (nSPS) is 21.5. The van der Waals surface area contributed by atoms with Gasteiger partial charge in [-0.1, -0.05) is 54.6 Å². The fraction of sp³-hybridized carbons (Fsp3) is 0.200. The first-order chi connectivity index (χ1) is 10.8. The van der Waals surface area contributed by atoms with E-state index in [4.69, 9.17) is 4.42 Å². The highest BCUT2D eigenvalue weighted by atomic mass is 16.3. The van der Waals surface area contributed by atoms with Gasteiger partial charge in [-0.15, -0.1) is 0 Å². The van der Waals surface area contributed by atoms with Crippen LogP contribution >= 0.6 is 0 Å². The van der Waals surface area contributed by atoms with Gasteiger partial charge in [0.05, 0.1) is 12.4 Å². The summed E-state index contributed by atoms with van der Waals surface area (Å²) in [7, 11) is 0. The van der Waals surface area contributed by atoms with Crippen molar-refractivity contribution in [2.24, 2.45) is 5.92 Å². The standard InChI is InChI=1S/C20H18O2/c21-20(16-5-2-1-3-6-16)18-13-17(18)14-8-10-15(11-9-14)19-7-4-12-22-19/h1-12,17-18,20-21H,13H2. The average Bonchev–Trinajstić information content (AvgIpc) is 3.19. The summed E-state index contributed by atoms with van der Waals surface area (Å²) in [4.78, 5) is 0. The smallest absolute Gasteiger partial charge is 0.133 e. The molecule has 3 atom stereocenters. The van der Waals surface area contributed by atoms with Crippen LogP contribution in [0.15, 0.2) is 77.4 Å². The monoisotopic (exact) mass is 290 g/mol. The van der Waals surface area contributed by atoms with E-state index in [1.807, 2.05) is 42.5 Å². The summed E-state index contributed by atoms with van der Waals surface area (Å²) in [6.45, 7) is 0. The van der Waals surface area contributed by atoms with E-state index in [0.717, 1.165) is 23.3 Å². The van der Waals surface area contributed by atoms with E-state index in [1.54, 1.807) is 6.26 Å². The van der Waals surface area contributed by atoms with Crippen molar-refractivity contribution >= 4 is 0 Å². The highest BCUT2D eigenvalue weighted by molar-refractivity contribution is 5.57. The van der Waals surface area contributed by atoms with E-state index >= 15 is 0 Å². The third-order valence-corrected chi connectivity index (χ3v) is 4.53. The summed E-state index contributed by atoms with van der Waals surface area (Å²) in [5, 5.41) is 10.5. The lowest BCUT2D eigenvalue weighted by Crippen LogP contribution is -2.00. The van der Waals surface area contributed by atoms with Crippen LogP contribution in [0.3, 0.4) is 0 Å². The van der Waals surface area contributed by atoms with Gasteiger partial charge in [-0.3, -0.25) is 0 Å². The molecule has 1 fully saturated rings. The number of benzene rings is 2. The number of aliphatic hydroxyl groups is 1. The Balaban J connectivity index is 1.48. The second-order valence-corrected chi connectivity index (χ2v) is 5.96. The van der Waals surface area contributed by atoms with Crippen LogP contribution in [0.25, 0.3) is 11.3 Å². The number of hydrogen-bond donors (Lipinski definition) is 1. The molecule has 2 nitrogen and oxygen atoms in total. The van der Waals surface area contributed by atoms with E-state index in [-0.39, 0.29) is 6.10 Å². The van der Waals surface area contributed by atoms with Gasteiger partial charge in [-0.25, -0.2) is 0 Å². The van der Waals surface area contributed by atoms with Gasteiger partial charge in [0, 0.05) is 5.56 Å². The maximum atomic E-state index is 10.5. The first-order valence-corrected chi connectivity index (χ1v) is 7.70. The molecule has 0 aliphatic heterocycles. The Bertz CT molecular complexity index is 729. The van der Waals surface area contributed by atoms with Crippen molar-refractivity contribution in [3.63, 3.8) is 0 Å². The van der Waals surface area contributed by atoms with Gasteiger partial charge in [0.25, 0.3) is 0 Å². The molecule has 1 aromatic heterocycles. The summed E-state index contributed by atoms with van der Waals surface area (Å²) >= 11 is 0. The zero-order valence-corrected chi connectivity index (χ0v) is 12.2.